The fourth-order valence-electron chi connectivity index (χ4n) is 3.02. The number of hydrogen-bond donors (Lipinski definition) is 2. The van der Waals surface area contributed by atoms with E-state index in [1.807, 2.05) is 0 Å². The number of carbonyl (C=O) groups is 1. The molecule has 0 saturated heterocycles. The summed E-state index contributed by atoms with van der Waals surface area (Å²) in [4.78, 5) is 24.8. The Morgan fingerprint density at radius 3 is 2.52 bits per heavy atom. The highest BCUT2D eigenvalue weighted by Crippen LogP contribution is 2.23. The molecule has 0 aliphatic carbocycles. The van der Waals surface area contributed by atoms with Crippen LogP contribution in [0.3, 0.4) is 0 Å². The van der Waals surface area contributed by atoms with Crippen molar-refractivity contribution in [2.24, 2.45) is 5.73 Å². The monoisotopic (exact) mass is 406 g/mol. The molecule has 144 valence electrons. The summed E-state index contributed by atoms with van der Waals surface area (Å²) >= 11 is 5.84. The first-order chi connectivity index (χ1) is 13.9. The number of nitrogens with one attached hydrogen (secondary N) is 1. The summed E-state index contributed by atoms with van der Waals surface area (Å²) in [6, 6.07) is 16.9. The molecule has 1 heterocycles. The number of alkyl halides is 1. The van der Waals surface area contributed by atoms with Crippen LogP contribution in [0.1, 0.15) is 21.5 Å². The van der Waals surface area contributed by atoms with Gasteiger partial charge in [-0.3, -0.25) is 5.41 Å². The van der Waals surface area contributed by atoms with E-state index in [4.69, 9.17) is 31.9 Å². The van der Waals surface area contributed by atoms with Crippen LogP contribution in [0.5, 0.6) is 5.75 Å². The van der Waals surface area contributed by atoms with Crippen molar-refractivity contribution in [3.63, 3.8) is 0 Å². The predicted octanol–water partition coefficient (Wildman–Crippen LogP) is 4.19. The Bertz CT molecular complexity index is 1340. The van der Waals surface area contributed by atoms with Crippen LogP contribution in [0.4, 0.5) is 0 Å². The van der Waals surface area contributed by atoms with E-state index in [0.717, 1.165) is 16.3 Å². The van der Waals surface area contributed by atoms with Crippen molar-refractivity contribution in [2.45, 2.75) is 5.88 Å². The lowest BCUT2D eigenvalue weighted by Crippen LogP contribution is -2.18. The van der Waals surface area contributed by atoms with Crippen LogP contribution in [-0.2, 0) is 5.88 Å². The van der Waals surface area contributed by atoms with Crippen molar-refractivity contribution in [3.8, 4) is 5.75 Å². The minimum Gasteiger partial charge on any atom is -0.423 e. The number of nitrogens with two attached hydrogens (primary N) is 1. The molecular formula is C22H15ClN2O4. The van der Waals surface area contributed by atoms with Gasteiger partial charge in [0, 0.05) is 16.8 Å². The molecule has 0 amide bonds. The van der Waals surface area contributed by atoms with Gasteiger partial charge in [-0.25, -0.2) is 9.59 Å². The Morgan fingerprint density at radius 2 is 1.76 bits per heavy atom. The zero-order valence-electron chi connectivity index (χ0n) is 15.1. The van der Waals surface area contributed by atoms with Crippen LogP contribution < -0.4 is 16.1 Å². The van der Waals surface area contributed by atoms with Crippen LogP contribution in [0.25, 0.3) is 21.7 Å². The molecule has 0 spiro atoms. The van der Waals surface area contributed by atoms with Gasteiger partial charge in [0.25, 0.3) is 0 Å². The van der Waals surface area contributed by atoms with E-state index in [0.29, 0.717) is 22.4 Å². The van der Waals surface area contributed by atoms with Crippen molar-refractivity contribution in [1.29, 1.82) is 5.41 Å². The first-order valence-electron chi connectivity index (χ1n) is 8.68. The van der Waals surface area contributed by atoms with Gasteiger partial charge >= 0.3 is 11.6 Å². The van der Waals surface area contributed by atoms with Crippen LogP contribution in [0.2, 0.25) is 0 Å². The largest absolute Gasteiger partial charge is 0.423 e. The number of carbonyl (C=O) groups excluding carboxylic acids is 1. The van der Waals surface area contributed by atoms with Gasteiger partial charge in [-0.1, -0.05) is 24.3 Å². The molecule has 0 radical (unpaired) electrons. The van der Waals surface area contributed by atoms with Crippen molar-refractivity contribution < 1.29 is 13.9 Å². The average molecular weight is 407 g/mol. The van der Waals surface area contributed by atoms with E-state index in [-0.39, 0.29) is 17.1 Å². The van der Waals surface area contributed by atoms with Crippen LogP contribution in [-0.4, -0.2) is 11.8 Å². The Morgan fingerprint density at radius 1 is 1.00 bits per heavy atom. The van der Waals surface area contributed by atoms with Gasteiger partial charge in [-0.2, -0.15) is 0 Å². The minimum atomic E-state index is -0.809. The molecule has 0 bridgehead atoms. The standard InChI is InChI=1S/C22H15ClN2O4/c23-11-12-1-6-19-16(7-12)10-18(22(27)29-19)21(26)28-17-5-4-13-8-15(20(24)25)3-2-14(13)9-17/h1-10H,11H2,(H3,24,25). The second-order valence-electron chi connectivity index (χ2n) is 6.48. The third-order valence-electron chi connectivity index (χ3n) is 4.50. The smallest absolute Gasteiger partial charge is 0.351 e. The van der Waals surface area contributed by atoms with Crippen molar-refractivity contribution in [3.05, 3.63) is 87.8 Å². The van der Waals surface area contributed by atoms with Crippen LogP contribution in [0, 0.1) is 5.41 Å². The molecule has 6 nitrogen and oxygen atoms in total. The van der Waals surface area contributed by atoms with E-state index in [1.165, 1.54) is 6.07 Å². The Labute approximate surface area is 170 Å². The lowest BCUT2D eigenvalue weighted by atomic mass is 10.1. The molecule has 1 aromatic heterocycles. The number of amidine groups is 1. The van der Waals surface area contributed by atoms with Gasteiger partial charge in [0.15, 0.2) is 0 Å². The quantitative estimate of drug-likeness (QED) is 0.132. The fraction of sp³-hybridized carbons (Fsp3) is 0.0455. The highest BCUT2D eigenvalue weighted by atomic mass is 35.5. The molecule has 0 unspecified atom stereocenters. The number of benzene rings is 3. The zero-order chi connectivity index (χ0) is 20.5. The second kappa shape index (κ2) is 7.41. The molecule has 0 saturated carbocycles. The molecule has 0 aliphatic rings. The number of esters is 1. The molecule has 3 N–H and O–H groups in total. The summed E-state index contributed by atoms with van der Waals surface area (Å²) in [6.07, 6.45) is 0. The topological polar surface area (TPSA) is 106 Å². The van der Waals surface area contributed by atoms with Gasteiger partial charge in [-0.05, 0) is 52.7 Å². The number of nitrogen functional groups attached to an aromatic ring is 1. The van der Waals surface area contributed by atoms with Crippen LogP contribution >= 0.6 is 11.6 Å². The lowest BCUT2D eigenvalue weighted by Gasteiger charge is -2.07. The molecule has 4 aromatic rings. The fourth-order valence-corrected chi connectivity index (χ4v) is 3.18. The molecule has 29 heavy (non-hydrogen) atoms. The number of rotatable bonds is 4. The number of fused-ring (bicyclic) bond motifs is 2. The number of halogens is 1. The second-order valence-corrected chi connectivity index (χ2v) is 6.75. The molecule has 0 atom stereocenters. The molecular weight excluding hydrogens is 392 g/mol. The maximum absolute atomic E-state index is 12.6. The molecule has 3 aromatic carbocycles. The zero-order valence-corrected chi connectivity index (χ0v) is 15.8. The number of ether oxygens (including phenoxy) is 1. The minimum absolute atomic E-state index is 0.0252. The van der Waals surface area contributed by atoms with E-state index >= 15 is 0 Å². The van der Waals surface area contributed by atoms with Gasteiger partial charge in [0.2, 0.25) is 0 Å². The molecule has 0 fully saturated rings. The van der Waals surface area contributed by atoms with Crippen molar-refractivity contribution in [1.82, 2.24) is 0 Å². The molecule has 0 aliphatic heterocycles. The van der Waals surface area contributed by atoms with E-state index in [1.54, 1.807) is 54.6 Å². The number of hydrogen-bond acceptors (Lipinski definition) is 5. The van der Waals surface area contributed by atoms with Gasteiger partial charge in [0.05, 0.1) is 0 Å². The van der Waals surface area contributed by atoms with Gasteiger partial charge in [-0.15, -0.1) is 11.6 Å². The van der Waals surface area contributed by atoms with E-state index in [2.05, 4.69) is 0 Å². The summed E-state index contributed by atoms with van der Waals surface area (Å²) in [5.41, 5.74) is 6.35. The SMILES string of the molecule is N=C(N)c1ccc2cc(OC(=O)c3cc4cc(CCl)ccc4oc3=O)ccc2c1. The predicted molar refractivity (Wildman–Crippen MR) is 112 cm³/mol. The van der Waals surface area contributed by atoms with E-state index < -0.39 is 11.6 Å². The summed E-state index contributed by atoms with van der Waals surface area (Å²) in [7, 11) is 0. The maximum atomic E-state index is 12.6. The molecule has 7 heteroatoms. The van der Waals surface area contributed by atoms with E-state index in [9.17, 15) is 9.59 Å². The summed E-state index contributed by atoms with van der Waals surface area (Å²) in [5.74, 6) is -0.247. The van der Waals surface area contributed by atoms with Crippen molar-refractivity contribution >= 4 is 45.1 Å². The van der Waals surface area contributed by atoms with Gasteiger partial charge in [0.1, 0.15) is 22.7 Å². The summed E-state index contributed by atoms with van der Waals surface area (Å²) in [6.45, 7) is 0. The third kappa shape index (κ3) is 3.70. The Balaban J connectivity index is 1.66. The molecule has 4 rings (SSSR count). The Kier molecular flexibility index (Phi) is 4.78. The third-order valence-corrected chi connectivity index (χ3v) is 4.81. The highest BCUT2D eigenvalue weighted by Gasteiger charge is 2.16. The highest BCUT2D eigenvalue weighted by molar-refractivity contribution is 6.17. The first-order valence-corrected chi connectivity index (χ1v) is 9.21. The van der Waals surface area contributed by atoms with Gasteiger partial charge < -0.3 is 14.9 Å². The Hall–Kier alpha value is -3.64. The van der Waals surface area contributed by atoms with Crippen molar-refractivity contribution in [2.75, 3.05) is 0 Å². The maximum Gasteiger partial charge on any atom is 0.351 e. The summed E-state index contributed by atoms with van der Waals surface area (Å²) < 4.78 is 10.6. The summed E-state index contributed by atoms with van der Waals surface area (Å²) in [5, 5.41) is 9.74. The normalized spacial score (nSPS) is 10.9. The van der Waals surface area contributed by atoms with Crippen LogP contribution in [0.15, 0.2) is 69.9 Å². The lowest BCUT2D eigenvalue weighted by molar-refractivity contribution is 0.0731. The average Bonchev–Trinajstić information content (AvgIpc) is 2.72. The first kappa shape index (κ1) is 18.7.